The Morgan fingerprint density at radius 3 is 3.00 bits per heavy atom. The van der Waals surface area contributed by atoms with Crippen molar-refractivity contribution in [2.75, 3.05) is 13.1 Å². The second-order valence-electron chi connectivity index (χ2n) is 7.09. The van der Waals surface area contributed by atoms with Crippen molar-refractivity contribution in [2.45, 2.75) is 32.9 Å². The zero-order valence-electron chi connectivity index (χ0n) is 14.6. The summed E-state index contributed by atoms with van der Waals surface area (Å²) in [6, 6.07) is 7.55. The number of imidazole rings is 1. The van der Waals surface area contributed by atoms with Crippen LogP contribution in [-0.2, 0) is 13.1 Å². The Morgan fingerprint density at radius 1 is 1.24 bits per heavy atom. The summed E-state index contributed by atoms with van der Waals surface area (Å²) < 4.78 is 2.26. The van der Waals surface area contributed by atoms with Gasteiger partial charge in [0, 0.05) is 49.7 Å². The van der Waals surface area contributed by atoms with Crippen LogP contribution in [0, 0.1) is 12.8 Å². The standard InChI is InChI=1S/C20H24N4O/c1-15-21-6-8-24(15)14-16-3-2-7-23(12-16)13-17-9-18-4-5-19(25)10-20(18)22-11-17/h4-6,8-11,16,25H,2-3,7,12-14H2,1H3. The van der Waals surface area contributed by atoms with Crippen molar-refractivity contribution >= 4 is 10.9 Å². The minimum absolute atomic E-state index is 0.265. The number of aromatic hydroxyl groups is 1. The SMILES string of the molecule is Cc1nccn1CC1CCCN(Cc2cnc3cc(O)ccc3c2)C1. The van der Waals surface area contributed by atoms with Crippen molar-refractivity contribution in [2.24, 2.45) is 5.92 Å². The molecule has 3 aromatic rings. The van der Waals surface area contributed by atoms with E-state index in [2.05, 4.69) is 38.6 Å². The molecule has 1 N–H and O–H groups in total. The Hall–Kier alpha value is -2.40. The van der Waals surface area contributed by atoms with Crippen molar-refractivity contribution in [3.63, 3.8) is 0 Å². The van der Waals surface area contributed by atoms with Crippen LogP contribution in [0.15, 0.2) is 42.9 Å². The van der Waals surface area contributed by atoms with E-state index >= 15 is 0 Å². The summed E-state index contributed by atoms with van der Waals surface area (Å²) in [5.41, 5.74) is 2.08. The lowest BCUT2D eigenvalue weighted by Crippen LogP contribution is -2.36. The summed E-state index contributed by atoms with van der Waals surface area (Å²) in [4.78, 5) is 11.4. The molecule has 3 heterocycles. The van der Waals surface area contributed by atoms with E-state index in [1.165, 1.54) is 18.4 Å². The van der Waals surface area contributed by atoms with Crippen molar-refractivity contribution in [3.05, 3.63) is 54.2 Å². The molecule has 0 radical (unpaired) electrons. The average molecular weight is 336 g/mol. The van der Waals surface area contributed by atoms with Gasteiger partial charge in [-0.25, -0.2) is 4.98 Å². The maximum atomic E-state index is 9.56. The number of phenols is 1. The fraction of sp³-hybridized carbons (Fsp3) is 0.400. The molecule has 0 amide bonds. The highest BCUT2D eigenvalue weighted by Crippen LogP contribution is 2.23. The third-order valence-electron chi connectivity index (χ3n) is 5.11. The number of pyridine rings is 1. The van der Waals surface area contributed by atoms with E-state index in [0.717, 1.165) is 42.9 Å². The summed E-state index contributed by atoms with van der Waals surface area (Å²) >= 11 is 0. The third-order valence-corrected chi connectivity index (χ3v) is 5.11. The summed E-state index contributed by atoms with van der Waals surface area (Å²) in [5, 5.41) is 10.6. The van der Waals surface area contributed by atoms with Gasteiger partial charge in [0.15, 0.2) is 0 Å². The molecule has 1 unspecified atom stereocenters. The third kappa shape index (κ3) is 3.66. The fourth-order valence-corrected chi connectivity index (χ4v) is 3.82. The van der Waals surface area contributed by atoms with Crippen LogP contribution in [-0.4, -0.2) is 37.6 Å². The molecular formula is C20H24N4O. The summed E-state index contributed by atoms with van der Waals surface area (Å²) in [7, 11) is 0. The van der Waals surface area contributed by atoms with Crippen LogP contribution in [0.2, 0.25) is 0 Å². The van der Waals surface area contributed by atoms with Crippen LogP contribution in [0.5, 0.6) is 5.75 Å². The predicted octanol–water partition coefficient (Wildman–Crippen LogP) is 3.36. The van der Waals surface area contributed by atoms with Crippen molar-refractivity contribution in [3.8, 4) is 5.75 Å². The zero-order valence-corrected chi connectivity index (χ0v) is 14.6. The van der Waals surface area contributed by atoms with Gasteiger partial charge in [0.05, 0.1) is 5.52 Å². The molecular weight excluding hydrogens is 312 g/mol. The first-order valence-corrected chi connectivity index (χ1v) is 8.95. The van der Waals surface area contributed by atoms with Gasteiger partial charge in [-0.2, -0.15) is 0 Å². The molecule has 0 spiro atoms. The highest BCUT2D eigenvalue weighted by molar-refractivity contribution is 5.80. The molecule has 2 aromatic heterocycles. The van der Waals surface area contributed by atoms with E-state index in [9.17, 15) is 5.11 Å². The fourth-order valence-electron chi connectivity index (χ4n) is 3.82. The summed E-state index contributed by atoms with van der Waals surface area (Å²) in [6.07, 6.45) is 8.42. The van der Waals surface area contributed by atoms with E-state index in [-0.39, 0.29) is 5.75 Å². The second kappa shape index (κ2) is 6.84. The Balaban J connectivity index is 1.43. The number of likely N-dealkylation sites (tertiary alicyclic amines) is 1. The van der Waals surface area contributed by atoms with E-state index in [4.69, 9.17) is 0 Å². The van der Waals surface area contributed by atoms with E-state index in [1.807, 2.05) is 18.5 Å². The molecule has 130 valence electrons. The quantitative estimate of drug-likeness (QED) is 0.794. The molecule has 1 saturated heterocycles. The minimum atomic E-state index is 0.265. The molecule has 25 heavy (non-hydrogen) atoms. The van der Waals surface area contributed by atoms with Crippen LogP contribution < -0.4 is 0 Å². The van der Waals surface area contributed by atoms with Crippen LogP contribution >= 0.6 is 0 Å². The smallest absolute Gasteiger partial charge is 0.117 e. The zero-order chi connectivity index (χ0) is 17.2. The van der Waals surface area contributed by atoms with E-state index < -0.39 is 0 Å². The number of rotatable bonds is 4. The number of aromatic nitrogens is 3. The highest BCUT2D eigenvalue weighted by atomic mass is 16.3. The molecule has 5 nitrogen and oxygen atoms in total. The van der Waals surface area contributed by atoms with Crippen LogP contribution in [0.25, 0.3) is 10.9 Å². The number of fused-ring (bicyclic) bond motifs is 1. The van der Waals surface area contributed by atoms with E-state index in [1.54, 1.807) is 12.1 Å². The number of hydrogen-bond donors (Lipinski definition) is 1. The van der Waals surface area contributed by atoms with Gasteiger partial charge in [0.2, 0.25) is 0 Å². The van der Waals surface area contributed by atoms with Gasteiger partial charge in [0.1, 0.15) is 11.6 Å². The molecule has 0 saturated carbocycles. The first-order chi connectivity index (χ1) is 12.2. The summed E-state index contributed by atoms with van der Waals surface area (Å²) in [6.45, 7) is 6.32. The number of nitrogens with zero attached hydrogens (tertiary/aromatic N) is 4. The average Bonchev–Trinajstić information content (AvgIpc) is 3.00. The van der Waals surface area contributed by atoms with Gasteiger partial charge < -0.3 is 9.67 Å². The number of benzene rings is 1. The Morgan fingerprint density at radius 2 is 2.16 bits per heavy atom. The molecule has 1 aromatic carbocycles. The predicted molar refractivity (Wildman–Crippen MR) is 98.4 cm³/mol. The van der Waals surface area contributed by atoms with Gasteiger partial charge in [0.25, 0.3) is 0 Å². The van der Waals surface area contributed by atoms with Gasteiger partial charge in [-0.3, -0.25) is 9.88 Å². The lowest BCUT2D eigenvalue weighted by Gasteiger charge is -2.33. The molecule has 0 bridgehead atoms. The molecule has 1 fully saturated rings. The maximum Gasteiger partial charge on any atom is 0.117 e. The molecule has 4 rings (SSSR count). The first-order valence-electron chi connectivity index (χ1n) is 8.95. The van der Waals surface area contributed by atoms with E-state index in [0.29, 0.717) is 5.92 Å². The highest BCUT2D eigenvalue weighted by Gasteiger charge is 2.21. The molecule has 1 aliphatic heterocycles. The normalized spacial score (nSPS) is 18.7. The topological polar surface area (TPSA) is 54.2 Å². The maximum absolute atomic E-state index is 9.56. The molecule has 1 atom stereocenters. The summed E-state index contributed by atoms with van der Waals surface area (Å²) in [5.74, 6) is 2.03. The van der Waals surface area contributed by atoms with Crippen molar-refractivity contribution in [1.82, 2.24) is 19.4 Å². The minimum Gasteiger partial charge on any atom is -0.508 e. The van der Waals surface area contributed by atoms with Crippen molar-refractivity contribution in [1.29, 1.82) is 0 Å². The van der Waals surface area contributed by atoms with Crippen molar-refractivity contribution < 1.29 is 5.11 Å². The van der Waals surface area contributed by atoms with Crippen LogP contribution in [0.4, 0.5) is 0 Å². The van der Waals surface area contributed by atoms with Crippen LogP contribution in [0.3, 0.4) is 0 Å². The van der Waals surface area contributed by atoms with Gasteiger partial charge in [-0.05, 0) is 56.0 Å². The largest absolute Gasteiger partial charge is 0.508 e. The number of piperidine rings is 1. The lowest BCUT2D eigenvalue weighted by atomic mass is 9.97. The Labute approximate surface area is 147 Å². The number of aryl methyl sites for hydroxylation is 1. The Kier molecular flexibility index (Phi) is 4.40. The molecule has 5 heteroatoms. The van der Waals surface area contributed by atoms with Gasteiger partial charge in [-0.1, -0.05) is 0 Å². The number of hydrogen-bond acceptors (Lipinski definition) is 4. The second-order valence-corrected chi connectivity index (χ2v) is 7.09. The van der Waals surface area contributed by atoms with Crippen LogP contribution in [0.1, 0.15) is 24.2 Å². The monoisotopic (exact) mass is 336 g/mol. The number of phenolic OH excluding ortho intramolecular Hbond substituents is 1. The van der Waals surface area contributed by atoms with Gasteiger partial charge in [-0.15, -0.1) is 0 Å². The molecule has 0 aliphatic carbocycles. The van der Waals surface area contributed by atoms with Gasteiger partial charge >= 0.3 is 0 Å². The lowest BCUT2D eigenvalue weighted by molar-refractivity contribution is 0.155. The first kappa shape index (κ1) is 16.1. The Bertz CT molecular complexity index is 873. The molecule has 1 aliphatic rings.